The van der Waals surface area contributed by atoms with Crippen molar-refractivity contribution in [3.8, 4) is 5.75 Å². The van der Waals surface area contributed by atoms with Crippen LogP contribution < -0.4 is 4.74 Å². The van der Waals surface area contributed by atoms with Gasteiger partial charge in [-0.1, -0.05) is 66.7 Å². The molecule has 0 aliphatic carbocycles. The van der Waals surface area contributed by atoms with Gasteiger partial charge in [0.15, 0.2) is 0 Å². The summed E-state index contributed by atoms with van der Waals surface area (Å²) in [5, 5.41) is 1.00. The average Bonchev–Trinajstić information content (AvgIpc) is 3.25. The number of hydroxylamine groups is 2. The molecule has 0 saturated carbocycles. The summed E-state index contributed by atoms with van der Waals surface area (Å²) in [6.07, 6.45) is 0.733. The van der Waals surface area contributed by atoms with Gasteiger partial charge in [-0.25, -0.2) is 8.42 Å². The Balaban J connectivity index is 1.32. The Morgan fingerprint density at radius 3 is 2.39 bits per heavy atom. The number of fused-ring (bicyclic) bond motifs is 1. The third kappa shape index (κ3) is 4.54. The van der Waals surface area contributed by atoms with Crippen LogP contribution in [0.4, 0.5) is 0 Å². The van der Waals surface area contributed by atoms with Gasteiger partial charge in [0, 0.05) is 20.1 Å². The molecule has 0 amide bonds. The Kier molecular flexibility index (Phi) is 6.21. The number of nitrogens with zero attached hydrogens (tertiary/aromatic N) is 2. The van der Waals surface area contributed by atoms with Gasteiger partial charge >= 0.3 is 0 Å². The topological polar surface area (TPSA) is 59.1 Å². The van der Waals surface area contributed by atoms with Gasteiger partial charge in [-0.05, 0) is 40.8 Å². The molecule has 0 spiro atoms. The fraction of sp³-hybridized carbons (Fsp3) is 0.308. The van der Waals surface area contributed by atoms with Crippen molar-refractivity contribution < 1.29 is 18.0 Å². The molecular formula is C26H28N2O4S. The van der Waals surface area contributed by atoms with Crippen molar-refractivity contribution in [2.24, 2.45) is 0 Å². The highest BCUT2D eigenvalue weighted by Crippen LogP contribution is 2.37. The minimum absolute atomic E-state index is 0.147. The fourth-order valence-corrected chi connectivity index (χ4v) is 6.59. The predicted molar refractivity (Wildman–Crippen MR) is 127 cm³/mol. The van der Waals surface area contributed by atoms with Crippen LogP contribution in [0.5, 0.6) is 5.75 Å². The lowest BCUT2D eigenvalue weighted by atomic mass is 10.0. The van der Waals surface area contributed by atoms with Crippen LogP contribution in [0.15, 0.2) is 78.9 Å². The van der Waals surface area contributed by atoms with Crippen molar-refractivity contribution in [3.63, 3.8) is 0 Å². The molecule has 6 nitrogen and oxygen atoms in total. The molecule has 0 radical (unpaired) electrons. The second kappa shape index (κ2) is 9.27. The number of sulfonamides is 1. The van der Waals surface area contributed by atoms with E-state index in [0.29, 0.717) is 19.7 Å². The standard InChI is InChI=1S/C26H28N2O4S/c1-27-26(22-11-13-24(14-12-22)31-18-20-7-3-2-4-8-20)25(19-32-27)33(29,30)28-16-15-21-9-5-6-10-23(21)17-28/h2-14,25-26H,15-19H2,1H3/t25-,26+/m1/s1. The molecule has 3 aromatic carbocycles. The largest absolute Gasteiger partial charge is 0.489 e. The lowest BCUT2D eigenvalue weighted by Gasteiger charge is -2.32. The van der Waals surface area contributed by atoms with Gasteiger partial charge in [-0.15, -0.1) is 0 Å². The normalized spacial score (nSPS) is 21.6. The Bertz CT molecular complexity index is 1200. The second-order valence-electron chi connectivity index (χ2n) is 8.57. The summed E-state index contributed by atoms with van der Waals surface area (Å²) in [4.78, 5) is 5.71. The minimum Gasteiger partial charge on any atom is -0.489 e. The highest BCUT2D eigenvalue weighted by Gasteiger charge is 2.46. The van der Waals surface area contributed by atoms with Crippen LogP contribution in [0.2, 0.25) is 0 Å². The van der Waals surface area contributed by atoms with Crippen LogP contribution in [0.25, 0.3) is 0 Å². The van der Waals surface area contributed by atoms with Gasteiger partial charge < -0.3 is 4.74 Å². The molecular weight excluding hydrogens is 436 g/mol. The van der Waals surface area contributed by atoms with E-state index in [1.807, 2.05) is 72.8 Å². The first-order chi connectivity index (χ1) is 16.0. The molecule has 0 N–H and O–H groups in total. The molecule has 33 heavy (non-hydrogen) atoms. The fourth-order valence-electron chi connectivity index (χ4n) is 4.65. The van der Waals surface area contributed by atoms with Crippen molar-refractivity contribution >= 4 is 10.0 Å². The maximum atomic E-state index is 13.6. The molecule has 0 bridgehead atoms. The zero-order chi connectivity index (χ0) is 22.8. The van der Waals surface area contributed by atoms with Crippen LogP contribution in [-0.4, -0.2) is 43.2 Å². The monoisotopic (exact) mass is 464 g/mol. The van der Waals surface area contributed by atoms with E-state index in [4.69, 9.17) is 9.57 Å². The van der Waals surface area contributed by atoms with Gasteiger partial charge in [0.25, 0.3) is 0 Å². The first kappa shape index (κ1) is 22.1. The molecule has 0 unspecified atom stereocenters. The summed E-state index contributed by atoms with van der Waals surface area (Å²) < 4.78 is 34.8. The molecule has 0 aromatic heterocycles. The zero-order valence-corrected chi connectivity index (χ0v) is 19.4. The molecule has 172 valence electrons. The van der Waals surface area contributed by atoms with Crippen molar-refractivity contribution in [2.75, 3.05) is 20.2 Å². The summed E-state index contributed by atoms with van der Waals surface area (Å²) in [5.41, 5.74) is 4.30. The van der Waals surface area contributed by atoms with E-state index in [1.54, 1.807) is 16.4 Å². The summed E-state index contributed by atoms with van der Waals surface area (Å²) in [6, 6.07) is 25.3. The van der Waals surface area contributed by atoms with Crippen molar-refractivity contribution in [3.05, 3.63) is 101 Å². The maximum Gasteiger partial charge on any atom is 0.221 e. The van der Waals surface area contributed by atoms with Gasteiger partial charge in [0.2, 0.25) is 10.0 Å². The number of ether oxygens (including phenoxy) is 1. The lowest BCUT2D eigenvalue weighted by molar-refractivity contribution is -0.110. The Hall–Kier alpha value is -2.71. The van der Waals surface area contributed by atoms with E-state index in [-0.39, 0.29) is 12.6 Å². The van der Waals surface area contributed by atoms with Gasteiger partial charge in [-0.3, -0.25) is 4.84 Å². The average molecular weight is 465 g/mol. The van der Waals surface area contributed by atoms with Crippen LogP contribution in [0.3, 0.4) is 0 Å². The molecule has 2 aliphatic heterocycles. The molecule has 2 atom stereocenters. The van der Waals surface area contributed by atoms with E-state index in [2.05, 4.69) is 6.07 Å². The summed E-state index contributed by atoms with van der Waals surface area (Å²) in [7, 11) is -1.76. The number of rotatable bonds is 6. The third-order valence-electron chi connectivity index (χ3n) is 6.49. The SMILES string of the molecule is CN1OC[C@@H](S(=O)(=O)N2CCc3ccccc3C2)[C@@H]1c1ccc(OCc2ccccc2)cc1. The summed E-state index contributed by atoms with van der Waals surface area (Å²) in [5.74, 6) is 0.746. The molecule has 3 aromatic rings. The molecule has 1 saturated heterocycles. The first-order valence-electron chi connectivity index (χ1n) is 11.2. The molecule has 2 aliphatic rings. The molecule has 5 rings (SSSR count). The van der Waals surface area contributed by atoms with E-state index in [1.165, 1.54) is 5.56 Å². The Labute approximate surface area is 195 Å². The highest BCUT2D eigenvalue weighted by molar-refractivity contribution is 7.89. The van der Waals surface area contributed by atoms with Crippen molar-refractivity contribution in [2.45, 2.75) is 30.9 Å². The smallest absolute Gasteiger partial charge is 0.221 e. The van der Waals surface area contributed by atoms with Crippen molar-refractivity contribution in [1.29, 1.82) is 0 Å². The van der Waals surface area contributed by atoms with Crippen LogP contribution >= 0.6 is 0 Å². The van der Waals surface area contributed by atoms with Gasteiger partial charge in [-0.2, -0.15) is 9.37 Å². The second-order valence-corrected chi connectivity index (χ2v) is 10.7. The van der Waals surface area contributed by atoms with E-state index in [0.717, 1.165) is 28.9 Å². The Morgan fingerprint density at radius 1 is 0.939 bits per heavy atom. The van der Waals surface area contributed by atoms with E-state index >= 15 is 0 Å². The van der Waals surface area contributed by atoms with Crippen molar-refractivity contribution in [1.82, 2.24) is 9.37 Å². The van der Waals surface area contributed by atoms with Crippen LogP contribution in [0.1, 0.15) is 28.3 Å². The van der Waals surface area contributed by atoms with E-state index in [9.17, 15) is 8.42 Å². The zero-order valence-electron chi connectivity index (χ0n) is 18.6. The minimum atomic E-state index is -3.56. The Morgan fingerprint density at radius 2 is 1.64 bits per heavy atom. The molecule has 7 heteroatoms. The quantitative estimate of drug-likeness (QED) is 0.553. The van der Waals surface area contributed by atoms with Crippen LogP contribution in [-0.2, 0) is 34.4 Å². The molecule has 1 fully saturated rings. The van der Waals surface area contributed by atoms with E-state index < -0.39 is 15.3 Å². The lowest BCUT2D eigenvalue weighted by Crippen LogP contribution is -2.44. The predicted octanol–water partition coefficient (Wildman–Crippen LogP) is 3.94. The number of benzene rings is 3. The first-order valence-corrected chi connectivity index (χ1v) is 12.7. The highest BCUT2D eigenvalue weighted by atomic mass is 32.2. The van der Waals surface area contributed by atoms with Crippen LogP contribution in [0, 0.1) is 0 Å². The number of hydrogen-bond donors (Lipinski definition) is 0. The maximum absolute atomic E-state index is 13.6. The number of hydrogen-bond acceptors (Lipinski definition) is 5. The summed E-state index contributed by atoms with van der Waals surface area (Å²) in [6.45, 7) is 1.55. The molecule has 2 heterocycles. The van der Waals surface area contributed by atoms with Gasteiger partial charge in [0.1, 0.15) is 17.6 Å². The van der Waals surface area contributed by atoms with Gasteiger partial charge in [0.05, 0.1) is 12.6 Å². The summed E-state index contributed by atoms with van der Waals surface area (Å²) >= 11 is 0. The third-order valence-corrected chi connectivity index (χ3v) is 8.68.